The Hall–Kier alpha value is -4.43. The third kappa shape index (κ3) is 4.53. The van der Waals surface area contributed by atoms with Crippen molar-refractivity contribution in [1.82, 2.24) is 15.0 Å². The first-order valence-electron chi connectivity index (χ1n) is 10.3. The molecule has 0 spiro atoms. The summed E-state index contributed by atoms with van der Waals surface area (Å²) >= 11 is 6.47. The number of ether oxygens (including phenoxy) is 1. The summed E-state index contributed by atoms with van der Waals surface area (Å²) in [4.78, 5) is 24.3. The van der Waals surface area contributed by atoms with E-state index in [-0.39, 0.29) is 11.7 Å². The zero-order chi connectivity index (χ0) is 23.5. The highest BCUT2D eigenvalue weighted by Gasteiger charge is 2.14. The van der Waals surface area contributed by atoms with Gasteiger partial charge in [-0.3, -0.25) is 4.79 Å². The molecule has 0 radical (unpaired) electrons. The van der Waals surface area contributed by atoms with Crippen LogP contribution in [0.3, 0.4) is 0 Å². The van der Waals surface area contributed by atoms with Crippen LogP contribution in [0.15, 0.2) is 85.3 Å². The fraction of sp³-hybridized carbons (Fsp3) is 0. The van der Waals surface area contributed by atoms with Crippen molar-refractivity contribution in [2.45, 2.75) is 0 Å². The molecule has 0 aliphatic heterocycles. The number of amides is 1. The highest BCUT2D eigenvalue weighted by atomic mass is 35.5. The Balaban J connectivity index is 1.35. The van der Waals surface area contributed by atoms with Gasteiger partial charge in [-0.2, -0.15) is 0 Å². The number of hydrogen-bond donors (Lipinski definition) is 3. The van der Waals surface area contributed by atoms with Gasteiger partial charge in [0.2, 0.25) is 0 Å². The summed E-state index contributed by atoms with van der Waals surface area (Å²) < 4.78 is 19.1. The van der Waals surface area contributed by atoms with E-state index in [9.17, 15) is 9.18 Å². The molecular weight excluding hydrogens is 457 g/mol. The molecule has 5 rings (SSSR count). The van der Waals surface area contributed by atoms with Crippen molar-refractivity contribution in [2.75, 3.05) is 10.6 Å². The highest BCUT2D eigenvalue weighted by molar-refractivity contribution is 6.32. The van der Waals surface area contributed by atoms with Gasteiger partial charge in [0, 0.05) is 30.0 Å². The van der Waals surface area contributed by atoms with Crippen molar-refractivity contribution in [3.8, 4) is 11.5 Å². The summed E-state index contributed by atoms with van der Waals surface area (Å²) in [5.41, 5.74) is 2.12. The Morgan fingerprint density at radius 1 is 0.941 bits per heavy atom. The number of carbonyl (C=O) groups excluding carboxylic acids is 1. The summed E-state index contributed by atoms with van der Waals surface area (Å²) in [6.07, 6.45) is 5.01. The van der Waals surface area contributed by atoms with Crippen LogP contribution in [-0.4, -0.2) is 20.9 Å². The Bertz CT molecular complexity index is 1490. The fourth-order valence-electron chi connectivity index (χ4n) is 3.36. The number of hydrogen-bond acceptors (Lipinski definition) is 5. The number of rotatable bonds is 6. The van der Waals surface area contributed by atoms with Crippen molar-refractivity contribution in [1.29, 1.82) is 0 Å². The summed E-state index contributed by atoms with van der Waals surface area (Å²) in [6.45, 7) is 0. The molecule has 5 aromatic rings. The van der Waals surface area contributed by atoms with Gasteiger partial charge < -0.3 is 20.4 Å². The van der Waals surface area contributed by atoms with E-state index in [2.05, 4.69) is 25.6 Å². The van der Waals surface area contributed by atoms with Gasteiger partial charge in [0.25, 0.3) is 5.91 Å². The topological polar surface area (TPSA) is 91.9 Å². The molecule has 0 unspecified atom stereocenters. The van der Waals surface area contributed by atoms with Gasteiger partial charge in [-0.05, 0) is 66.7 Å². The minimum Gasteiger partial charge on any atom is -0.455 e. The van der Waals surface area contributed by atoms with E-state index in [0.717, 1.165) is 5.39 Å². The summed E-state index contributed by atoms with van der Waals surface area (Å²) in [5, 5.41) is 7.06. The number of carbonyl (C=O) groups is 1. The lowest BCUT2D eigenvalue weighted by molar-refractivity contribution is 0.102. The first-order valence-corrected chi connectivity index (χ1v) is 10.6. The molecule has 0 aliphatic carbocycles. The van der Waals surface area contributed by atoms with Gasteiger partial charge in [0.15, 0.2) is 0 Å². The van der Waals surface area contributed by atoms with Crippen LogP contribution in [0, 0.1) is 5.82 Å². The summed E-state index contributed by atoms with van der Waals surface area (Å²) in [6, 6.07) is 17.6. The van der Waals surface area contributed by atoms with E-state index in [0.29, 0.717) is 44.9 Å². The van der Waals surface area contributed by atoms with Crippen molar-refractivity contribution >= 4 is 45.7 Å². The second kappa shape index (κ2) is 9.21. The van der Waals surface area contributed by atoms with Gasteiger partial charge in [-0.15, -0.1) is 0 Å². The molecule has 3 heterocycles. The van der Waals surface area contributed by atoms with Crippen LogP contribution in [-0.2, 0) is 0 Å². The SMILES string of the molecule is O=C(Nc1ccc(F)cc1)c1cccnc1Nc1ccc(Oc2ccnc3[nH]ccc23)c(Cl)c1. The minimum atomic E-state index is -0.388. The molecule has 0 fully saturated rings. The van der Waals surface area contributed by atoms with Crippen LogP contribution in [0.25, 0.3) is 11.0 Å². The largest absolute Gasteiger partial charge is 0.455 e. The lowest BCUT2D eigenvalue weighted by Crippen LogP contribution is -2.14. The molecule has 9 heteroatoms. The van der Waals surface area contributed by atoms with Crippen molar-refractivity contribution < 1.29 is 13.9 Å². The second-order valence-corrected chi connectivity index (χ2v) is 7.69. The van der Waals surface area contributed by atoms with Crippen LogP contribution in [0.5, 0.6) is 11.5 Å². The minimum absolute atomic E-state index is 0.315. The van der Waals surface area contributed by atoms with Gasteiger partial charge >= 0.3 is 0 Å². The normalized spacial score (nSPS) is 10.8. The molecule has 34 heavy (non-hydrogen) atoms. The Morgan fingerprint density at radius 2 is 1.76 bits per heavy atom. The fourth-order valence-corrected chi connectivity index (χ4v) is 3.58. The van der Waals surface area contributed by atoms with Crippen LogP contribution in [0.1, 0.15) is 10.4 Å². The maximum atomic E-state index is 13.1. The maximum absolute atomic E-state index is 13.1. The monoisotopic (exact) mass is 473 g/mol. The molecule has 3 aromatic heterocycles. The van der Waals surface area contributed by atoms with Crippen LogP contribution in [0.4, 0.5) is 21.6 Å². The Labute approximate surface area is 198 Å². The molecule has 2 aromatic carbocycles. The molecule has 0 saturated heterocycles. The van der Waals surface area contributed by atoms with Gasteiger partial charge in [0.1, 0.15) is 28.8 Å². The lowest BCUT2D eigenvalue weighted by atomic mass is 10.2. The average Bonchev–Trinajstić information content (AvgIpc) is 3.33. The smallest absolute Gasteiger partial charge is 0.259 e. The van der Waals surface area contributed by atoms with Gasteiger partial charge in [-0.1, -0.05) is 11.6 Å². The number of pyridine rings is 2. The number of anilines is 3. The quantitative estimate of drug-likeness (QED) is 0.260. The Morgan fingerprint density at radius 3 is 2.59 bits per heavy atom. The zero-order valence-electron chi connectivity index (χ0n) is 17.5. The van der Waals surface area contributed by atoms with Crippen LogP contribution >= 0.6 is 11.6 Å². The number of fused-ring (bicyclic) bond motifs is 1. The number of benzene rings is 2. The summed E-state index contributed by atoms with van der Waals surface area (Å²) in [5.74, 6) is 0.665. The first kappa shape index (κ1) is 21.4. The Kier molecular flexibility index (Phi) is 5.80. The van der Waals surface area contributed by atoms with Crippen molar-refractivity contribution in [3.05, 3.63) is 102 Å². The lowest BCUT2D eigenvalue weighted by Gasteiger charge is -2.13. The average molecular weight is 474 g/mol. The molecule has 0 saturated carbocycles. The summed E-state index contributed by atoms with van der Waals surface area (Å²) in [7, 11) is 0. The highest BCUT2D eigenvalue weighted by Crippen LogP contribution is 2.35. The molecule has 7 nitrogen and oxygen atoms in total. The number of H-pyrrole nitrogens is 1. The number of halogens is 2. The molecule has 0 bridgehead atoms. The number of aromatic nitrogens is 3. The first-order chi connectivity index (χ1) is 16.6. The van der Waals surface area contributed by atoms with Crippen LogP contribution in [0.2, 0.25) is 5.02 Å². The van der Waals surface area contributed by atoms with Crippen molar-refractivity contribution in [2.24, 2.45) is 0 Å². The molecule has 0 aliphatic rings. The second-order valence-electron chi connectivity index (χ2n) is 7.28. The van der Waals surface area contributed by atoms with E-state index >= 15 is 0 Å². The predicted octanol–water partition coefficient (Wildman–Crippen LogP) is 6.54. The van der Waals surface area contributed by atoms with E-state index in [1.54, 1.807) is 55.0 Å². The van der Waals surface area contributed by atoms with Crippen LogP contribution < -0.4 is 15.4 Å². The molecular formula is C25H17ClFN5O2. The van der Waals surface area contributed by atoms with E-state index < -0.39 is 0 Å². The number of nitrogens with one attached hydrogen (secondary N) is 3. The number of aromatic amines is 1. The zero-order valence-corrected chi connectivity index (χ0v) is 18.3. The van der Waals surface area contributed by atoms with Gasteiger partial charge in [-0.25, -0.2) is 14.4 Å². The maximum Gasteiger partial charge on any atom is 0.259 e. The molecule has 0 atom stereocenters. The molecule has 168 valence electrons. The number of nitrogens with zero attached hydrogens (tertiary/aromatic N) is 2. The van der Waals surface area contributed by atoms with Gasteiger partial charge in [0.05, 0.1) is 16.0 Å². The predicted molar refractivity (Wildman–Crippen MR) is 129 cm³/mol. The molecule has 1 amide bonds. The third-order valence-corrected chi connectivity index (χ3v) is 5.28. The van der Waals surface area contributed by atoms with E-state index in [1.165, 1.54) is 24.3 Å². The molecule has 3 N–H and O–H groups in total. The van der Waals surface area contributed by atoms with E-state index in [1.807, 2.05) is 6.07 Å². The van der Waals surface area contributed by atoms with E-state index in [4.69, 9.17) is 16.3 Å². The van der Waals surface area contributed by atoms with Crippen molar-refractivity contribution in [3.63, 3.8) is 0 Å². The standard InChI is InChI=1S/C25H17ClFN5O2/c26-20-14-17(7-8-22(20)34-21-10-13-30-23-18(21)9-12-29-23)31-24-19(2-1-11-28-24)25(33)32-16-5-3-15(27)4-6-16/h1-14H,(H,28,31)(H,29,30)(H,32,33). The third-order valence-electron chi connectivity index (χ3n) is 4.99.